The van der Waals surface area contributed by atoms with Crippen molar-refractivity contribution < 1.29 is 21.4 Å². The van der Waals surface area contributed by atoms with Gasteiger partial charge in [-0.3, -0.25) is 4.55 Å². The Morgan fingerprint density at radius 1 is 1.12 bits per heavy atom. The second-order valence-electron chi connectivity index (χ2n) is 2.84. The van der Waals surface area contributed by atoms with Gasteiger partial charge in [-0.05, 0) is 34.7 Å². The normalized spacial score (nSPS) is 12.7. The molecule has 0 heterocycles. The Kier molecular flexibility index (Phi) is 3.50. The summed E-state index contributed by atoms with van der Waals surface area (Å²) in [7, 11) is -8.65. The summed E-state index contributed by atoms with van der Waals surface area (Å²) in [6.45, 7) is 0. The molecule has 7 nitrogen and oxygen atoms in total. The summed E-state index contributed by atoms with van der Waals surface area (Å²) in [4.78, 5) is -1.09. The lowest BCUT2D eigenvalue weighted by molar-refractivity contribution is 0.483. The number of hydrogen-bond acceptors (Lipinski definition) is 5. The maximum Gasteiger partial charge on any atom is 0.296 e. The molecule has 0 saturated carbocycles. The Bertz CT molecular complexity index is 584. The molecule has 16 heavy (non-hydrogen) atoms. The van der Waals surface area contributed by atoms with E-state index in [9.17, 15) is 16.8 Å². The second-order valence-corrected chi connectivity index (χ2v) is 6.92. The summed E-state index contributed by atoms with van der Waals surface area (Å²) < 4.78 is 52.9. The minimum Gasteiger partial charge on any atom is -0.398 e. The van der Waals surface area contributed by atoms with Crippen molar-refractivity contribution in [2.75, 3.05) is 5.73 Å². The molecule has 1 aromatic carbocycles. The fourth-order valence-electron chi connectivity index (χ4n) is 0.992. The predicted molar refractivity (Wildman–Crippen MR) is 64.8 cm³/mol. The van der Waals surface area contributed by atoms with Gasteiger partial charge in [0, 0.05) is 3.57 Å². The average molecular weight is 378 g/mol. The molecule has 10 heteroatoms. The molecule has 0 unspecified atom stereocenters. The highest BCUT2D eigenvalue weighted by atomic mass is 127. The maximum atomic E-state index is 11.1. The van der Waals surface area contributed by atoms with E-state index in [1.165, 1.54) is 0 Å². The third kappa shape index (κ3) is 2.82. The van der Waals surface area contributed by atoms with Crippen LogP contribution < -0.4 is 10.9 Å². The Morgan fingerprint density at radius 2 is 1.62 bits per heavy atom. The summed E-state index contributed by atoms with van der Waals surface area (Å²) >= 11 is 1.64. The highest BCUT2D eigenvalue weighted by Gasteiger charge is 2.21. The first-order valence-electron chi connectivity index (χ1n) is 3.63. The van der Waals surface area contributed by atoms with Crippen LogP contribution in [0.1, 0.15) is 0 Å². The highest BCUT2D eigenvalue weighted by molar-refractivity contribution is 14.1. The van der Waals surface area contributed by atoms with Gasteiger partial charge < -0.3 is 5.73 Å². The van der Waals surface area contributed by atoms with Crippen LogP contribution in [-0.2, 0) is 20.1 Å². The topological polar surface area (TPSA) is 141 Å². The smallest absolute Gasteiger partial charge is 0.296 e. The number of benzene rings is 1. The van der Waals surface area contributed by atoms with Crippen molar-refractivity contribution in [3.05, 3.63) is 15.7 Å². The van der Waals surface area contributed by atoms with E-state index < -0.39 is 29.9 Å². The molecule has 0 atom stereocenters. The standard InChI is InChI=1S/C6H7IN2O5S2/c7-3-1-4(8)6(16(12,13)14)2-5(3)15(9,10)11/h1-2H,8H2,(H2,9,10,11)(H,12,13,14). The van der Waals surface area contributed by atoms with E-state index in [0.717, 1.165) is 12.1 Å². The summed E-state index contributed by atoms with van der Waals surface area (Å²) in [6, 6.07) is 1.82. The molecule has 0 aromatic heterocycles. The fraction of sp³-hybridized carbons (Fsp3) is 0. The van der Waals surface area contributed by atoms with Crippen LogP contribution in [0.3, 0.4) is 0 Å². The molecule has 0 aliphatic carbocycles. The van der Waals surface area contributed by atoms with Gasteiger partial charge in [0.25, 0.3) is 10.1 Å². The number of nitrogen functional groups attached to an aromatic ring is 1. The second kappa shape index (κ2) is 4.10. The molecule has 0 spiro atoms. The van der Waals surface area contributed by atoms with Gasteiger partial charge in [-0.25, -0.2) is 13.6 Å². The third-order valence-electron chi connectivity index (χ3n) is 1.65. The Morgan fingerprint density at radius 3 is 2.00 bits per heavy atom. The van der Waals surface area contributed by atoms with E-state index in [1.54, 1.807) is 22.6 Å². The zero-order chi connectivity index (χ0) is 12.7. The van der Waals surface area contributed by atoms with E-state index in [-0.39, 0.29) is 9.26 Å². The lowest BCUT2D eigenvalue weighted by Gasteiger charge is -2.07. The Labute approximate surface area is 106 Å². The van der Waals surface area contributed by atoms with Crippen molar-refractivity contribution in [1.29, 1.82) is 0 Å². The summed E-state index contributed by atoms with van der Waals surface area (Å²) in [5, 5.41) is 4.87. The first-order valence-corrected chi connectivity index (χ1v) is 7.69. The van der Waals surface area contributed by atoms with Gasteiger partial charge in [0.15, 0.2) is 0 Å². The minimum atomic E-state index is -4.58. The van der Waals surface area contributed by atoms with E-state index in [1.807, 2.05) is 0 Å². The van der Waals surface area contributed by atoms with Crippen LogP contribution >= 0.6 is 22.6 Å². The van der Waals surface area contributed by atoms with E-state index in [2.05, 4.69) is 0 Å². The van der Waals surface area contributed by atoms with Gasteiger partial charge in [0.1, 0.15) is 4.90 Å². The molecule has 0 radical (unpaired) electrons. The predicted octanol–water partition coefficient (Wildman–Crippen LogP) is -0.232. The zero-order valence-electron chi connectivity index (χ0n) is 7.58. The van der Waals surface area contributed by atoms with Crippen LogP contribution in [0.2, 0.25) is 0 Å². The van der Waals surface area contributed by atoms with Gasteiger partial charge in [-0.1, -0.05) is 0 Å². The summed E-state index contributed by atoms with van der Waals surface area (Å²) in [5.41, 5.74) is 5.09. The van der Waals surface area contributed by atoms with Gasteiger partial charge >= 0.3 is 0 Å². The maximum absolute atomic E-state index is 11.1. The van der Waals surface area contributed by atoms with Gasteiger partial charge in [0.05, 0.1) is 10.6 Å². The summed E-state index contributed by atoms with van der Waals surface area (Å²) in [6.07, 6.45) is 0. The van der Waals surface area contributed by atoms with Crippen molar-refractivity contribution in [1.82, 2.24) is 0 Å². The number of hydrogen-bond donors (Lipinski definition) is 3. The number of sulfonamides is 1. The molecule has 0 saturated heterocycles. The van der Waals surface area contributed by atoms with Crippen LogP contribution in [-0.4, -0.2) is 21.4 Å². The SMILES string of the molecule is Nc1cc(I)c(S(N)(=O)=O)cc1S(=O)(=O)O. The van der Waals surface area contributed by atoms with Crippen LogP contribution in [0.25, 0.3) is 0 Å². The Balaban J connectivity index is 3.72. The van der Waals surface area contributed by atoms with E-state index >= 15 is 0 Å². The molecule has 0 fully saturated rings. The number of nitrogens with two attached hydrogens (primary N) is 2. The molecule has 0 bridgehead atoms. The van der Waals surface area contributed by atoms with Gasteiger partial charge in [-0.2, -0.15) is 8.42 Å². The van der Waals surface area contributed by atoms with E-state index in [0.29, 0.717) is 0 Å². The third-order valence-corrected chi connectivity index (χ3v) is 4.77. The largest absolute Gasteiger partial charge is 0.398 e. The number of rotatable bonds is 2. The molecular weight excluding hydrogens is 371 g/mol. The number of primary sulfonamides is 1. The van der Waals surface area contributed by atoms with Gasteiger partial charge in [0.2, 0.25) is 10.0 Å². The van der Waals surface area contributed by atoms with Crippen molar-refractivity contribution in [2.45, 2.75) is 9.79 Å². The molecule has 1 aromatic rings. The van der Waals surface area contributed by atoms with Crippen LogP contribution in [0.15, 0.2) is 21.9 Å². The number of halogens is 1. The van der Waals surface area contributed by atoms with Gasteiger partial charge in [-0.15, -0.1) is 0 Å². The van der Waals surface area contributed by atoms with E-state index in [4.69, 9.17) is 15.4 Å². The first-order chi connectivity index (χ1) is 7.03. The summed E-state index contributed by atoms with van der Waals surface area (Å²) in [5.74, 6) is 0. The van der Waals surface area contributed by atoms with Crippen LogP contribution in [0.5, 0.6) is 0 Å². The molecular formula is C6H7IN2O5S2. The van der Waals surface area contributed by atoms with Crippen molar-refractivity contribution in [3.8, 4) is 0 Å². The van der Waals surface area contributed by atoms with Crippen LogP contribution in [0.4, 0.5) is 5.69 Å². The quantitative estimate of drug-likeness (QED) is 0.369. The lowest BCUT2D eigenvalue weighted by Crippen LogP contribution is -2.15. The minimum absolute atomic E-state index is 0.171. The first kappa shape index (κ1) is 13.6. The zero-order valence-corrected chi connectivity index (χ0v) is 11.4. The fourth-order valence-corrected chi connectivity index (χ4v) is 3.71. The monoisotopic (exact) mass is 378 g/mol. The lowest BCUT2D eigenvalue weighted by atomic mass is 10.3. The highest BCUT2D eigenvalue weighted by Crippen LogP contribution is 2.26. The van der Waals surface area contributed by atoms with Crippen molar-refractivity contribution in [3.63, 3.8) is 0 Å². The molecule has 0 amide bonds. The van der Waals surface area contributed by atoms with Crippen molar-refractivity contribution in [2.24, 2.45) is 5.14 Å². The van der Waals surface area contributed by atoms with Crippen LogP contribution in [0, 0.1) is 3.57 Å². The molecule has 5 N–H and O–H groups in total. The Hall–Kier alpha value is -0.430. The average Bonchev–Trinajstić information content (AvgIpc) is 1.97. The molecule has 0 aliphatic rings. The number of anilines is 1. The molecule has 0 aliphatic heterocycles. The van der Waals surface area contributed by atoms with Crippen molar-refractivity contribution >= 4 is 48.4 Å². The molecule has 1 rings (SSSR count). The molecule has 90 valence electrons.